The van der Waals surface area contributed by atoms with Crippen LogP contribution in [-0.4, -0.2) is 44.6 Å². The Morgan fingerprint density at radius 1 is 1.21 bits per heavy atom. The molecule has 3 rings (SSSR count). The molecule has 0 aliphatic heterocycles. The smallest absolute Gasteiger partial charge is 0.192 e. The first kappa shape index (κ1) is 20.6. The van der Waals surface area contributed by atoms with Crippen LogP contribution in [0.1, 0.15) is 21.7 Å². The van der Waals surface area contributed by atoms with Crippen molar-refractivity contribution in [1.29, 1.82) is 0 Å². The molecule has 0 fully saturated rings. The molecule has 0 aliphatic rings. The lowest BCUT2D eigenvalue weighted by atomic mass is 10.2. The number of halogens is 1. The molecule has 2 heterocycles. The average Bonchev–Trinajstić information content (AvgIpc) is 3.21. The molecule has 0 N–H and O–H groups in total. The first-order valence-electron chi connectivity index (χ1n) is 8.89. The number of carbonyl (C=O) groups excluding carboxylic acids is 1. The van der Waals surface area contributed by atoms with Crippen molar-refractivity contribution in [2.45, 2.75) is 25.5 Å². The van der Waals surface area contributed by atoms with E-state index in [9.17, 15) is 4.79 Å². The Bertz CT molecular complexity index is 979. The van der Waals surface area contributed by atoms with Gasteiger partial charge in [0.05, 0.1) is 18.9 Å². The quantitative estimate of drug-likeness (QED) is 0.405. The summed E-state index contributed by atoms with van der Waals surface area (Å²) in [7, 11) is 3.62. The summed E-state index contributed by atoms with van der Waals surface area (Å²) in [6, 6.07) is 9.40. The molecule has 0 atom stereocenters. The lowest BCUT2D eigenvalue weighted by molar-refractivity contribution is 0.102. The fourth-order valence-electron chi connectivity index (χ4n) is 2.94. The van der Waals surface area contributed by atoms with E-state index < -0.39 is 0 Å². The molecule has 0 unspecified atom stereocenters. The molecule has 6 nitrogen and oxygen atoms in total. The van der Waals surface area contributed by atoms with E-state index in [1.807, 2.05) is 60.4 Å². The summed E-state index contributed by atoms with van der Waals surface area (Å²) >= 11 is 7.38. The second-order valence-corrected chi connectivity index (χ2v) is 7.89. The van der Waals surface area contributed by atoms with Crippen LogP contribution in [-0.2, 0) is 18.3 Å². The van der Waals surface area contributed by atoms with E-state index in [4.69, 9.17) is 16.3 Å². The van der Waals surface area contributed by atoms with Gasteiger partial charge in [-0.05, 0) is 44.2 Å². The number of nitrogens with zero attached hydrogens (tertiary/aromatic N) is 4. The number of rotatable bonds is 8. The maximum atomic E-state index is 12.7. The van der Waals surface area contributed by atoms with Crippen LogP contribution in [0.2, 0.25) is 5.02 Å². The van der Waals surface area contributed by atoms with Crippen LogP contribution in [0.5, 0.6) is 0 Å². The average molecular weight is 419 g/mol. The fraction of sp³-hybridized carbons (Fsp3) is 0.350. The van der Waals surface area contributed by atoms with Crippen LogP contribution in [0, 0.1) is 13.8 Å². The number of ketones is 1. The number of benzene rings is 1. The van der Waals surface area contributed by atoms with Gasteiger partial charge in [-0.2, -0.15) is 0 Å². The molecule has 28 heavy (non-hydrogen) atoms. The van der Waals surface area contributed by atoms with Crippen LogP contribution in [0.3, 0.4) is 0 Å². The summed E-state index contributed by atoms with van der Waals surface area (Å²) in [5, 5.41) is 10.0. The van der Waals surface area contributed by atoms with Gasteiger partial charge in [0, 0.05) is 41.7 Å². The number of hydrogen-bond donors (Lipinski definition) is 0. The minimum absolute atomic E-state index is 0.0838. The standard InChI is InChI=1S/C20H23ClN4O2S/c1-13-11-17(14(2)24(13)3)18(26)12-28-20-23-22-19(25(20)9-10-27-4)15-5-7-16(21)8-6-15/h5-8,11H,9-10,12H2,1-4H3. The third-order valence-corrected chi connectivity index (χ3v) is 5.96. The van der Waals surface area contributed by atoms with Gasteiger partial charge in [-0.3, -0.25) is 9.36 Å². The molecular formula is C20H23ClN4O2S. The van der Waals surface area contributed by atoms with E-state index in [1.54, 1.807) is 7.11 Å². The van der Waals surface area contributed by atoms with E-state index in [2.05, 4.69) is 10.2 Å². The highest BCUT2D eigenvalue weighted by Crippen LogP contribution is 2.26. The highest BCUT2D eigenvalue weighted by Gasteiger charge is 2.18. The van der Waals surface area contributed by atoms with Gasteiger partial charge in [0.1, 0.15) is 0 Å². The Morgan fingerprint density at radius 2 is 1.93 bits per heavy atom. The van der Waals surface area contributed by atoms with E-state index in [1.165, 1.54) is 11.8 Å². The first-order chi connectivity index (χ1) is 13.4. The van der Waals surface area contributed by atoms with Gasteiger partial charge in [0.2, 0.25) is 0 Å². The lowest BCUT2D eigenvalue weighted by Gasteiger charge is -2.09. The van der Waals surface area contributed by atoms with Gasteiger partial charge >= 0.3 is 0 Å². The van der Waals surface area contributed by atoms with E-state index in [0.717, 1.165) is 28.3 Å². The Hall–Kier alpha value is -2.09. The maximum absolute atomic E-state index is 12.7. The largest absolute Gasteiger partial charge is 0.383 e. The summed E-state index contributed by atoms with van der Waals surface area (Å²) in [6.07, 6.45) is 0. The van der Waals surface area contributed by atoms with Gasteiger partial charge in [-0.25, -0.2) is 0 Å². The van der Waals surface area contributed by atoms with Crippen LogP contribution in [0.25, 0.3) is 11.4 Å². The molecule has 1 aromatic carbocycles. The predicted octanol–water partition coefficient (Wildman–Crippen LogP) is 4.18. The highest BCUT2D eigenvalue weighted by molar-refractivity contribution is 7.99. The zero-order valence-electron chi connectivity index (χ0n) is 16.4. The Labute approximate surface area is 173 Å². The molecule has 0 aliphatic carbocycles. The van der Waals surface area contributed by atoms with Crippen molar-refractivity contribution >= 4 is 29.1 Å². The maximum Gasteiger partial charge on any atom is 0.192 e. The molecule has 148 valence electrons. The molecule has 3 aromatic rings. The molecular weight excluding hydrogens is 396 g/mol. The zero-order chi connectivity index (χ0) is 20.3. The van der Waals surface area contributed by atoms with Gasteiger partial charge in [-0.1, -0.05) is 23.4 Å². The second kappa shape index (κ2) is 8.94. The van der Waals surface area contributed by atoms with Crippen molar-refractivity contribution in [2.24, 2.45) is 7.05 Å². The van der Waals surface area contributed by atoms with Crippen molar-refractivity contribution in [3.05, 3.63) is 52.3 Å². The molecule has 0 spiro atoms. The number of hydrogen-bond acceptors (Lipinski definition) is 5. The number of methoxy groups -OCH3 is 1. The van der Waals surface area contributed by atoms with E-state index in [0.29, 0.717) is 29.1 Å². The summed E-state index contributed by atoms with van der Waals surface area (Å²) < 4.78 is 9.24. The van der Waals surface area contributed by atoms with Gasteiger partial charge in [0.15, 0.2) is 16.8 Å². The number of ether oxygens (including phenoxy) is 1. The molecule has 0 radical (unpaired) electrons. The number of thioether (sulfide) groups is 1. The zero-order valence-corrected chi connectivity index (χ0v) is 18.0. The molecule has 2 aromatic heterocycles. The van der Waals surface area contributed by atoms with E-state index in [-0.39, 0.29) is 5.78 Å². The molecule has 0 saturated heterocycles. The predicted molar refractivity (Wildman–Crippen MR) is 112 cm³/mol. The third-order valence-electron chi connectivity index (χ3n) is 4.75. The first-order valence-corrected chi connectivity index (χ1v) is 10.3. The minimum Gasteiger partial charge on any atom is -0.383 e. The molecule has 8 heteroatoms. The Morgan fingerprint density at radius 3 is 2.54 bits per heavy atom. The number of Topliss-reactive ketones (excluding diaryl/α,β-unsaturated/α-hetero) is 1. The van der Waals surface area contributed by atoms with Crippen LogP contribution < -0.4 is 0 Å². The van der Waals surface area contributed by atoms with Gasteiger partial charge in [0.25, 0.3) is 0 Å². The molecule has 0 amide bonds. The lowest BCUT2D eigenvalue weighted by Crippen LogP contribution is -2.09. The third kappa shape index (κ3) is 4.32. The van der Waals surface area contributed by atoms with Crippen molar-refractivity contribution in [2.75, 3.05) is 19.5 Å². The Balaban J connectivity index is 1.82. The van der Waals surface area contributed by atoms with Crippen LogP contribution >= 0.6 is 23.4 Å². The summed E-state index contributed by atoms with van der Waals surface area (Å²) in [6.45, 7) is 5.08. The van der Waals surface area contributed by atoms with Crippen molar-refractivity contribution < 1.29 is 9.53 Å². The van der Waals surface area contributed by atoms with Crippen LogP contribution in [0.15, 0.2) is 35.5 Å². The molecule has 0 saturated carbocycles. The highest BCUT2D eigenvalue weighted by atomic mass is 35.5. The summed E-state index contributed by atoms with van der Waals surface area (Å²) in [5.74, 6) is 1.12. The van der Waals surface area contributed by atoms with E-state index >= 15 is 0 Å². The van der Waals surface area contributed by atoms with Crippen LogP contribution in [0.4, 0.5) is 0 Å². The Kier molecular flexibility index (Phi) is 6.59. The van der Waals surface area contributed by atoms with Crippen molar-refractivity contribution in [3.63, 3.8) is 0 Å². The summed E-state index contributed by atoms with van der Waals surface area (Å²) in [4.78, 5) is 12.7. The van der Waals surface area contributed by atoms with Crippen molar-refractivity contribution in [3.8, 4) is 11.4 Å². The topological polar surface area (TPSA) is 61.9 Å². The SMILES string of the molecule is COCCn1c(SCC(=O)c2cc(C)n(C)c2C)nnc1-c1ccc(Cl)cc1. The normalized spacial score (nSPS) is 11.2. The molecule has 0 bridgehead atoms. The van der Waals surface area contributed by atoms with Gasteiger partial charge in [-0.15, -0.1) is 10.2 Å². The number of carbonyl (C=O) groups is 1. The number of aryl methyl sites for hydroxylation is 1. The minimum atomic E-state index is 0.0838. The summed E-state index contributed by atoms with van der Waals surface area (Å²) in [5.41, 5.74) is 3.72. The fourth-order valence-corrected chi connectivity index (χ4v) is 3.91. The second-order valence-electron chi connectivity index (χ2n) is 6.51. The van der Waals surface area contributed by atoms with Crippen molar-refractivity contribution in [1.82, 2.24) is 19.3 Å². The monoisotopic (exact) mass is 418 g/mol. The number of aromatic nitrogens is 4. The van der Waals surface area contributed by atoms with Gasteiger partial charge < -0.3 is 9.30 Å².